The molecule has 6 heteroatoms. The number of benzene rings is 1. The minimum atomic E-state index is -0.913. The molecule has 26 heavy (non-hydrogen) atoms. The SMILES string of the molecule is CCCO[C@@](C)(CCC)C(=O)Nc1ccc(OC(C)C)c(C(=O)OC)c1. The molecular formula is C20H31NO5. The summed E-state index contributed by atoms with van der Waals surface area (Å²) in [5, 5.41) is 2.85. The maximum atomic E-state index is 12.8. The highest BCUT2D eigenvalue weighted by molar-refractivity contribution is 5.99. The molecule has 1 atom stereocenters. The summed E-state index contributed by atoms with van der Waals surface area (Å²) in [4.78, 5) is 24.8. The van der Waals surface area contributed by atoms with Crippen molar-refractivity contribution in [2.45, 2.75) is 65.6 Å². The number of carbonyl (C=O) groups is 2. The highest BCUT2D eigenvalue weighted by Crippen LogP contribution is 2.27. The van der Waals surface area contributed by atoms with Crippen molar-refractivity contribution in [1.82, 2.24) is 0 Å². The average molecular weight is 365 g/mol. The molecule has 1 N–H and O–H groups in total. The lowest BCUT2D eigenvalue weighted by atomic mass is 9.98. The number of ether oxygens (including phenoxy) is 3. The minimum absolute atomic E-state index is 0.0888. The molecule has 0 heterocycles. The predicted molar refractivity (Wildman–Crippen MR) is 102 cm³/mol. The molecule has 0 saturated carbocycles. The lowest BCUT2D eigenvalue weighted by molar-refractivity contribution is -0.140. The lowest BCUT2D eigenvalue weighted by Crippen LogP contribution is -2.43. The third kappa shape index (κ3) is 6.02. The molecule has 0 unspecified atom stereocenters. The van der Waals surface area contributed by atoms with E-state index in [2.05, 4.69) is 5.32 Å². The first-order valence-electron chi connectivity index (χ1n) is 9.11. The molecule has 1 amide bonds. The average Bonchev–Trinajstić information content (AvgIpc) is 2.60. The Bertz CT molecular complexity index is 614. The number of carbonyl (C=O) groups excluding carboxylic acids is 2. The van der Waals surface area contributed by atoms with E-state index in [9.17, 15) is 9.59 Å². The normalized spacial score (nSPS) is 13.2. The number of rotatable bonds is 10. The predicted octanol–water partition coefficient (Wildman–Crippen LogP) is 4.18. The van der Waals surface area contributed by atoms with Gasteiger partial charge in [-0.05, 0) is 51.8 Å². The molecule has 0 radical (unpaired) electrons. The van der Waals surface area contributed by atoms with Crippen LogP contribution in [0.2, 0.25) is 0 Å². The van der Waals surface area contributed by atoms with Crippen LogP contribution < -0.4 is 10.1 Å². The topological polar surface area (TPSA) is 73.9 Å². The third-order valence-corrected chi connectivity index (χ3v) is 3.84. The Morgan fingerprint density at radius 2 is 1.88 bits per heavy atom. The van der Waals surface area contributed by atoms with Crippen LogP contribution >= 0.6 is 0 Å². The van der Waals surface area contributed by atoms with Crippen molar-refractivity contribution in [3.63, 3.8) is 0 Å². The summed E-state index contributed by atoms with van der Waals surface area (Å²) in [5.41, 5.74) is -0.150. The molecule has 0 fully saturated rings. The smallest absolute Gasteiger partial charge is 0.341 e. The quantitative estimate of drug-likeness (QED) is 0.630. The maximum absolute atomic E-state index is 12.8. The van der Waals surface area contributed by atoms with Gasteiger partial charge in [-0.3, -0.25) is 4.79 Å². The molecule has 0 spiro atoms. The van der Waals surface area contributed by atoms with Gasteiger partial charge in [-0.15, -0.1) is 0 Å². The number of hydrogen-bond acceptors (Lipinski definition) is 5. The second-order valence-electron chi connectivity index (χ2n) is 6.65. The van der Waals surface area contributed by atoms with Crippen LogP contribution in [0.15, 0.2) is 18.2 Å². The van der Waals surface area contributed by atoms with Gasteiger partial charge < -0.3 is 19.5 Å². The first-order valence-corrected chi connectivity index (χ1v) is 9.11. The van der Waals surface area contributed by atoms with Crippen LogP contribution in [-0.2, 0) is 14.3 Å². The van der Waals surface area contributed by atoms with Gasteiger partial charge in [0, 0.05) is 12.3 Å². The van der Waals surface area contributed by atoms with Gasteiger partial charge in [-0.1, -0.05) is 20.3 Å². The van der Waals surface area contributed by atoms with E-state index in [0.29, 0.717) is 24.5 Å². The van der Waals surface area contributed by atoms with E-state index in [1.807, 2.05) is 27.7 Å². The fraction of sp³-hybridized carbons (Fsp3) is 0.600. The molecular weight excluding hydrogens is 334 g/mol. The molecule has 1 rings (SSSR count). The molecule has 6 nitrogen and oxygen atoms in total. The molecule has 0 aliphatic carbocycles. The van der Waals surface area contributed by atoms with Gasteiger partial charge in [0.05, 0.1) is 13.2 Å². The Labute approximate surface area is 156 Å². The van der Waals surface area contributed by atoms with E-state index < -0.39 is 11.6 Å². The summed E-state index contributed by atoms with van der Waals surface area (Å²) in [6.07, 6.45) is 2.17. The number of nitrogens with one attached hydrogen (secondary N) is 1. The third-order valence-electron chi connectivity index (χ3n) is 3.84. The molecule has 0 bridgehead atoms. The Kier molecular flexibility index (Phi) is 8.58. The van der Waals surface area contributed by atoms with Crippen LogP contribution in [0.5, 0.6) is 5.75 Å². The van der Waals surface area contributed by atoms with Gasteiger partial charge in [-0.25, -0.2) is 4.79 Å². The van der Waals surface area contributed by atoms with Crippen molar-refractivity contribution in [2.24, 2.45) is 0 Å². The molecule has 0 aliphatic rings. The standard InChI is InChI=1S/C20H31NO5/c1-7-11-20(5,25-12-8-2)19(23)21-15-9-10-17(26-14(3)4)16(13-15)18(22)24-6/h9-10,13-14H,7-8,11-12H2,1-6H3,(H,21,23)/t20-/m0/s1. The molecule has 0 aromatic heterocycles. The number of amides is 1. The zero-order chi connectivity index (χ0) is 19.7. The number of hydrogen-bond donors (Lipinski definition) is 1. The second-order valence-corrected chi connectivity index (χ2v) is 6.65. The number of methoxy groups -OCH3 is 1. The van der Waals surface area contributed by atoms with Crippen molar-refractivity contribution in [1.29, 1.82) is 0 Å². The van der Waals surface area contributed by atoms with Crippen LogP contribution in [0.25, 0.3) is 0 Å². The fourth-order valence-electron chi connectivity index (χ4n) is 2.55. The largest absolute Gasteiger partial charge is 0.490 e. The fourth-order valence-corrected chi connectivity index (χ4v) is 2.55. The van der Waals surface area contributed by atoms with Crippen LogP contribution in [0, 0.1) is 0 Å². The van der Waals surface area contributed by atoms with E-state index in [1.54, 1.807) is 25.1 Å². The van der Waals surface area contributed by atoms with Gasteiger partial charge in [0.15, 0.2) is 0 Å². The summed E-state index contributed by atoms with van der Waals surface area (Å²) in [6.45, 7) is 10.1. The van der Waals surface area contributed by atoms with Gasteiger partial charge in [-0.2, -0.15) is 0 Å². The first kappa shape index (κ1) is 22.0. The van der Waals surface area contributed by atoms with Crippen LogP contribution in [0.4, 0.5) is 5.69 Å². The summed E-state index contributed by atoms with van der Waals surface area (Å²) in [7, 11) is 1.31. The van der Waals surface area contributed by atoms with Crippen LogP contribution in [0.1, 0.15) is 64.2 Å². The van der Waals surface area contributed by atoms with E-state index >= 15 is 0 Å². The van der Waals surface area contributed by atoms with Crippen molar-refractivity contribution >= 4 is 17.6 Å². The van der Waals surface area contributed by atoms with E-state index in [4.69, 9.17) is 14.2 Å². The van der Waals surface area contributed by atoms with Gasteiger partial charge in [0.2, 0.25) is 0 Å². The van der Waals surface area contributed by atoms with E-state index in [1.165, 1.54) is 7.11 Å². The molecule has 1 aromatic carbocycles. The van der Waals surface area contributed by atoms with Crippen LogP contribution in [0.3, 0.4) is 0 Å². The highest BCUT2D eigenvalue weighted by atomic mass is 16.5. The van der Waals surface area contributed by atoms with Crippen molar-refractivity contribution in [3.05, 3.63) is 23.8 Å². The van der Waals surface area contributed by atoms with Crippen molar-refractivity contribution in [2.75, 3.05) is 19.0 Å². The Hall–Kier alpha value is -2.08. The van der Waals surface area contributed by atoms with Gasteiger partial charge >= 0.3 is 5.97 Å². The van der Waals surface area contributed by atoms with E-state index in [0.717, 1.165) is 12.8 Å². The monoisotopic (exact) mass is 365 g/mol. The van der Waals surface area contributed by atoms with Crippen molar-refractivity contribution < 1.29 is 23.8 Å². The Morgan fingerprint density at radius 1 is 1.19 bits per heavy atom. The minimum Gasteiger partial charge on any atom is -0.490 e. The Balaban J connectivity index is 3.07. The van der Waals surface area contributed by atoms with E-state index in [-0.39, 0.29) is 17.6 Å². The summed E-state index contributed by atoms with van der Waals surface area (Å²) in [5.74, 6) is -0.333. The Morgan fingerprint density at radius 3 is 2.42 bits per heavy atom. The second kappa shape index (κ2) is 10.2. The first-order chi connectivity index (χ1) is 12.3. The number of anilines is 1. The zero-order valence-electron chi connectivity index (χ0n) is 16.7. The van der Waals surface area contributed by atoms with Crippen molar-refractivity contribution in [3.8, 4) is 5.75 Å². The highest BCUT2D eigenvalue weighted by Gasteiger charge is 2.33. The zero-order valence-corrected chi connectivity index (χ0v) is 16.7. The van der Waals surface area contributed by atoms with Crippen LogP contribution in [-0.4, -0.2) is 37.3 Å². The maximum Gasteiger partial charge on any atom is 0.341 e. The van der Waals surface area contributed by atoms with Gasteiger partial charge in [0.25, 0.3) is 5.91 Å². The summed E-state index contributed by atoms with van der Waals surface area (Å²) >= 11 is 0. The number of esters is 1. The summed E-state index contributed by atoms with van der Waals surface area (Å²) in [6, 6.07) is 4.92. The van der Waals surface area contributed by atoms with Gasteiger partial charge in [0.1, 0.15) is 16.9 Å². The molecule has 0 saturated heterocycles. The lowest BCUT2D eigenvalue weighted by Gasteiger charge is -2.28. The molecule has 146 valence electrons. The molecule has 0 aliphatic heterocycles. The molecule has 1 aromatic rings. The summed E-state index contributed by atoms with van der Waals surface area (Å²) < 4.78 is 16.3.